The summed E-state index contributed by atoms with van der Waals surface area (Å²) in [6.07, 6.45) is 4.26. The van der Waals surface area contributed by atoms with Gasteiger partial charge in [-0.25, -0.2) is 0 Å². The summed E-state index contributed by atoms with van der Waals surface area (Å²) in [4.78, 5) is 15.3. The monoisotopic (exact) mass is 322 g/mol. The third-order valence-corrected chi connectivity index (χ3v) is 3.97. The molecule has 0 bridgehead atoms. The number of carbonyl (C=O) groups excluding carboxylic acids is 1. The van der Waals surface area contributed by atoms with Crippen LogP contribution < -0.4 is 10.1 Å². The Balaban J connectivity index is 1.49. The van der Waals surface area contributed by atoms with Crippen LogP contribution in [0.5, 0.6) is 5.75 Å². The van der Waals surface area contributed by atoms with Gasteiger partial charge >= 0.3 is 0 Å². The first-order valence-electron chi connectivity index (χ1n) is 8.34. The summed E-state index contributed by atoms with van der Waals surface area (Å²) in [6, 6.07) is 15.7. The first-order chi connectivity index (χ1) is 11.8. The van der Waals surface area contributed by atoms with Crippen LogP contribution in [0.25, 0.3) is 10.9 Å². The van der Waals surface area contributed by atoms with E-state index in [0.717, 1.165) is 29.8 Å². The second-order valence-electron chi connectivity index (χ2n) is 5.72. The van der Waals surface area contributed by atoms with Crippen LogP contribution in [0.4, 0.5) is 5.69 Å². The average molecular weight is 322 g/mol. The van der Waals surface area contributed by atoms with Gasteiger partial charge in [-0.3, -0.25) is 4.79 Å². The van der Waals surface area contributed by atoms with E-state index in [4.69, 9.17) is 4.74 Å². The number of para-hydroxylation sites is 1. The van der Waals surface area contributed by atoms with Crippen molar-refractivity contribution < 1.29 is 9.53 Å². The van der Waals surface area contributed by atoms with Crippen LogP contribution in [-0.2, 0) is 11.2 Å². The van der Waals surface area contributed by atoms with Gasteiger partial charge in [0.05, 0.1) is 6.61 Å². The molecule has 0 spiro atoms. The quantitative estimate of drug-likeness (QED) is 0.671. The lowest BCUT2D eigenvalue weighted by atomic mass is 10.1. The molecule has 0 aliphatic carbocycles. The van der Waals surface area contributed by atoms with E-state index < -0.39 is 0 Å². The third kappa shape index (κ3) is 3.96. The van der Waals surface area contributed by atoms with E-state index in [1.807, 2.05) is 49.5 Å². The fourth-order valence-electron chi connectivity index (χ4n) is 2.80. The van der Waals surface area contributed by atoms with E-state index in [1.54, 1.807) is 0 Å². The van der Waals surface area contributed by atoms with Gasteiger partial charge in [0.2, 0.25) is 5.91 Å². The number of hydrogen-bond acceptors (Lipinski definition) is 2. The maximum atomic E-state index is 12.1. The number of fused-ring (bicyclic) bond motifs is 1. The van der Waals surface area contributed by atoms with E-state index >= 15 is 0 Å². The summed E-state index contributed by atoms with van der Waals surface area (Å²) >= 11 is 0. The molecule has 124 valence electrons. The van der Waals surface area contributed by atoms with Gasteiger partial charge in [0.1, 0.15) is 5.75 Å². The van der Waals surface area contributed by atoms with Crippen molar-refractivity contribution in [3.8, 4) is 5.75 Å². The van der Waals surface area contributed by atoms with Crippen molar-refractivity contribution in [2.45, 2.75) is 26.2 Å². The molecule has 3 rings (SSSR count). The molecule has 0 saturated heterocycles. The number of rotatable bonds is 7. The van der Waals surface area contributed by atoms with Gasteiger partial charge in [0.25, 0.3) is 0 Å². The van der Waals surface area contributed by atoms with E-state index in [-0.39, 0.29) is 5.91 Å². The minimum atomic E-state index is 0.0407. The van der Waals surface area contributed by atoms with Crippen LogP contribution in [0.3, 0.4) is 0 Å². The Morgan fingerprint density at radius 1 is 1.12 bits per heavy atom. The molecule has 24 heavy (non-hydrogen) atoms. The highest BCUT2D eigenvalue weighted by Crippen LogP contribution is 2.20. The summed E-state index contributed by atoms with van der Waals surface area (Å²) < 4.78 is 5.39. The molecule has 0 aliphatic rings. The number of nitrogens with one attached hydrogen (secondary N) is 2. The van der Waals surface area contributed by atoms with Crippen molar-refractivity contribution in [1.82, 2.24) is 4.98 Å². The van der Waals surface area contributed by atoms with E-state index in [1.165, 1.54) is 10.9 Å². The fraction of sp³-hybridized carbons (Fsp3) is 0.250. The Bertz CT molecular complexity index is 806. The topological polar surface area (TPSA) is 54.1 Å². The number of amides is 1. The highest BCUT2D eigenvalue weighted by Gasteiger charge is 2.06. The van der Waals surface area contributed by atoms with Crippen molar-refractivity contribution in [1.29, 1.82) is 0 Å². The smallest absolute Gasteiger partial charge is 0.224 e. The number of aromatic amines is 1. The second-order valence-corrected chi connectivity index (χ2v) is 5.72. The predicted molar refractivity (Wildman–Crippen MR) is 97.5 cm³/mol. The SMILES string of the molecule is CCOc1ccc(NC(=O)CCCc2c[nH]c3ccccc23)cc1. The van der Waals surface area contributed by atoms with Crippen LogP contribution in [0, 0.1) is 0 Å². The molecule has 0 unspecified atom stereocenters. The number of aryl methyl sites for hydroxylation is 1. The van der Waals surface area contributed by atoms with Gasteiger partial charge in [0.15, 0.2) is 0 Å². The Labute approximate surface area is 141 Å². The second kappa shape index (κ2) is 7.68. The highest BCUT2D eigenvalue weighted by atomic mass is 16.5. The Morgan fingerprint density at radius 2 is 1.92 bits per heavy atom. The molecule has 0 atom stereocenters. The average Bonchev–Trinajstić information content (AvgIpc) is 3.00. The zero-order chi connectivity index (χ0) is 16.8. The van der Waals surface area contributed by atoms with Crippen molar-refractivity contribution in [3.05, 3.63) is 60.3 Å². The molecule has 2 N–H and O–H groups in total. The zero-order valence-corrected chi connectivity index (χ0v) is 13.8. The lowest BCUT2D eigenvalue weighted by molar-refractivity contribution is -0.116. The normalized spacial score (nSPS) is 10.7. The predicted octanol–water partition coefficient (Wildman–Crippen LogP) is 4.53. The standard InChI is InChI=1S/C20H22N2O2/c1-2-24-17-12-10-16(11-13-17)22-20(23)9-5-6-15-14-21-19-8-4-3-7-18(15)19/h3-4,7-8,10-14,21H,2,5-6,9H2,1H3,(H,22,23). The largest absolute Gasteiger partial charge is 0.494 e. The fourth-order valence-corrected chi connectivity index (χ4v) is 2.80. The number of carbonyl (C=O) groups is 1. The molecule has 1 aromatic heterocycles. The van der Waals surface area contributed by atoms with E-state index in [9.17, 15) is 4.79 Å². The van der Waals surface area contributed by atoms with Crippen LogP contribution >= 0.6 is 0 Å². The van der Waals surface area contributed by atoms with Crippen molar-refractivity contribution >= 4 is 22.5 Å². The molecule has 0 saturated carbocycles. The molecule has 3 aromatic rings. The number of benzene rings is 2. The van der Waals surface area contributed by atoms with Crippen LogP contribution in [0.15, 0.2) is 54.7 Å². The minimum Gasteiger partial charge on any atom is -0.494 e. The molecular formula is C20H22N2O2. The molecule has 0 fully saturated rings. The van der Waals surface area contributed by atoms with E-state index in [2.05, 4.69) is 22.4 Å². The molecule has 1 amide bonds. The van der Waals surface area contributed by atoms with Gasteiger partial charge in [-0.15, -0.1) is 0 Å². The number of ether oxygens (including phenoxy) is 1. The summed E-state index contributed by atoms with van der Waals surface area (Å²) in [5, 5.41) is 4.17. The third-order valence-electron chi connectivity index (χ3n) is 3.97. The van der Waals surface area contributed by atoms with Crippen LogP contribution in [0.2, 0.25) is 0 Å². The van der Waals surface area contributed by atoms with Gasteiger partial charge in [0, 0.05) is 29.2 Å². The summed E-state index contributed by atoms with van der Waals surface area (Å²) in [5.74, 6) is 0.855. The maximum Gasteiger partial charge on any atom is 0.224 e. The zero-order valence-electron chi connectivity index (χ0n) is 13.8. The van der Waals surface area contributed by atoms with Crippen LogP contribution in [0.1, 0.15) is 25.3 Å². The Morgan fingerprint density at radius 3 is 2.71 bits per heavy atom. The molecular weight excluding hydrogens is 300 g/mol. The minimum absolute atomic E-state index is 0.0407. The van der Waals surface area contributed by atoms with Gasteiger partial charge in [-0.1, -0.05) is 18.2 Å². The van der Waals surface area contributed by atoms with Gasteiger partial charge < -0.3 is 15.0 Å². The first-order valence-corrected chi connectivity index (χ1v) is 8.34. The summed E-state index contributed by atoms with van der Waals surface area (Å²) in [6.45, 7) is 2.59. The van der Waals surface area contributed by atoms with Gasteiger partial charge in [-0.05, 0) is 55.7 Å². The van der Waals surface area contributed by atoms with Crippen molar-refractivity contribution in [2.24, 2.45) is 0 Å². The Kier molecular flexibility index (Phi) is 5.16. The molecule has 0 aliphatic heterocycles. The maximum absolute atomic E-state index is 12.1. The molecule has 4 heteroatoms. The molecule has 2 aromatic carbocycles. The van der Waals surface area contributed by atoms with Gasteiger partial charge in [-0.2, -0.15) is 0 Å². The van der Waals surface area contributed by atoms with E-state index in [0.29, 0.717) is 13.0 Å². The summed E-state index contributed by atoms with van der Waals surface area (Å²) in [7, 11) is 0. The number of H-pyrrole nitrogens is 1. The Hall–Kier alpha value is -2.75. The number of aromatic nitrogens is 1. The molecule has 4 nitrogen and oxygen atoms in total. The molecule has 1 heterocycles. The number of anilines is 1. The lowest BCUT2D eigenvalue weighted by Gasteiger charge is -2.07. The van der Waals surface area contributed by atoms with Crippen molar-refractivity contribution in [2.75, 3.05) is 11.9 Å². The molecule has 0 radical (unpaired) electrons. The highest BCUT2D eigenvalue weighted by molar-refractivity contribution is 5.90. The summed E-state index contributed by atoms with van der Waals surface area (Å²) in [5.41, 5.74) is 3.21. The van der Waals surface area contributed by atoms with Crippen molar-refractivity contribution in [3.63, 3.8) is 0 Å². The van der Waals surface area contributed by atoms with Crippen LogP contribution in [-0.4, -0.2) is 17.5 Å². The first kappa shape index (κ1) is 16.1. The number of hydrogen-bond donors (Lipinski definition) is 2. The lowest BCUT2D eigenvalue weighted by Crippen LogP contribution is -2.11.